The number of nitrogens with zero attached hydrogens (tertiary/aromatic N) is 2. The summed E-state index contributed by atoms with van der Waals surface area (Å²) in [6.45, 7) is 4.63. The Labute approximate surface area is 132 Å². The monoisotopic (exact) mass is 327 g/mol. The van der Waals surface area contributed by atoms with Gasteiger partial charge in [-0.25, -0.2) is 0 Å². The Morgan fingerprint density at radius 1 is 1.48 bits per heavy atom. The number of hydrogen-bond donors (Lipinski definition) is 1. The van der Waals surface area contributed by atoms with Gasteiger partial charge in [-0.3, -0.25) is 4.79 Å². The number of nitrogens with one attached hydrogen (secondary N) is 1. The van der Waals surface area contributed by atoms with Crippen LogP contribution in [0.15, 0.2) is 16.7 Å². The third kappa shape index (κ3) is 5.13. The maximum Gasteiger partial charge on any atom is 0.226 e. The number of thiophene rings is 1. The molecule has 0 spiro atoms. The molecule has 5 nitrogen and oxygen atoms in total. The van der Waals surface area contributed by atoms with Gasteiger partial charge in [-0.15, -0.1) is 11.3 Å². The first-order chi connectivity index (χ1) is 10.0. The molecule has 0 radical (unpaired) electrons. The standard InChI is InChI=1S/C14H18ClN3O2S/c1-9(2)14-17-13(20-18-14)4-3-7-16-12(19)8-10-5-6-11(15)21-10/h5-6,9H,3-4,7-8H2,1-2H3,(H,16,19). The van der Waals surface area contributed by atoms with Gasteiger partial charge in [0.05, 0.1) is 10.8 Å². The van der Waals surface area contributed by atoms with E-state index in [0.29, 0.717) is 29.6 Å². The van der Waals surface area contributed by atoms with E-state index in [0.717, 1.165) is 17.1 Å². The van der Waals surface area contributed by atoms with Crippen molar-refractivity contribution in [1.29, 1.82) is 0 Å². The Kier molecular flexibility index (Phi) is 5.76. The average Bonchev–Trinajstić information content (AvgIpc) is 3.04. The minimum Gasteiger partial charge on any atom is -0.356 e. The fourth-order valence-electron chi connectivity index (χ4n) is 1.74. The van der Waals surface area contributed by atoms with E-state index in [-0.39, 0.29) is 11.8 Å². The van der Waals surface area contributed by atoms with E-state index in [1.807, 2.05) is 19.9 Å². The Morgan fingerprint density at radius 3 is 2.90 bits per heavy atom. The van der Waals surface area contributed by atoms with Gasteiger partial charge in [0.1, 0.15) is 0 Å². The van der Waals surface area contributed by atoms with Crippen molar-refractivity contribution in [3.05, 3.63) is 33.1 Å². The summed E-state index contributed by atoms with van der Waals surface area (Å²) in [6, 6.07) is 3.68. The van der Waals surface area contributed by atoms with Crippen molar-refractivity contribution in [3.63, 3.8) is 0 Å². The lowest BCUT2D eigenvalue weighted by Crippen LogP contribution is -2.26. The van der Waals surface area contributed by atoms with Crippen molar-refractivity contribution in [2.24, 2.45) is 0 Å². The molecular weight excluding hydrogens is 310 g/mol. The SMILES string of the molecule is CC(C)c1noc(CCCNC(=O)Cc2ccc(Cl)s2)n1. The van der Waals surface area contributed by atoms with E-state index in [9.17, 15) is 4.79 Å². The van der Waals surface area contributed by atoms with Crippen molar-refractivity contribution in [1.82, 2.24) is 15.5 Å². The van der Waals surface area contributed by atoms with Crippen LogP contribution >= 0.6 is 22.9 Å². The van der Waals surface area contributed by atoms with Gasteiger partial charge in [-0.1, -0.05) is 30.6 Å². The lowest BCUT2D eigenvalue weighted by atomic mass is 10.2. The molecule has 0 aliphatic rings. The molecule has 2 heterocycles. The molecule has 0 unspecified atom stereocenters. The average molecular weight is 328 g/mol. The first-order valence-corrected chi connectivity index (χ1v) is 8.07. The van der Waals surface area contributed by atoms with Gasteiger partial charge < -0.3 is 9.84 Å². The summed E-state index contributed by atoms with van der Waals surface area (Å²) in [5, 5.41) is 6.78. The van der Waals surface area contributed by atoms with Gasteiger partial charge in [-0.05, 0) is 18.6 Å². The van der Waals surface area contributed by atoms with Crippen LogP contribution in [0.5, 0.6) is 0 Å². The number of hydrogen-bond acceptors (Lipinski definition) is 5. The van der Waals surface area contributed by atoms with Crippen LogP contribution in [0.4, 0.5) is 0 Å². The van der Waals surface area contributed by atoms with Crippen LogP contribution in [-0.4, -0.2) is 22.6 Å². The number of halogens is 1. The number of aryl methyl sites for hydroxylation is 1. The molecule has 7 heteroatoms. The second kappa shape index (κ2) is 7.56. The topological polar surface area (TPSA) is 68.0 Å². The highest BCUT2D eigenvalue weighted by Gasteiger charge is 2.09. The second-order valence-electron chi connectivity index (χ2n) is 5.04. The molecule has 0 aliphatic carbocycles. The van der Waals surface area contributed by atoms with Crippen LogP contribution in [-0.2, 0) is 17.6 Å². The minimum atomic E-state index is 0.00177. The summed E-state index contributed by atoms with van der Waals surface area (Å²) in [5.41, 5.74) is 0. The smallest absolute Gasteiger partial charge is 0.226 e. The third-order valence-electron chi connectivity index (χ3n) is 2.85. The van der Waals surface area contributed by atoms with Crippen molar-refractivity contribution < 1.29 is 9.32 Å². The molecule has 0 bridgehead atoms. The quantitative estimate of drug-likeness (QED) is 0.793. The first-order valence-electron chi connectivity index (χ1n) is 6.88. The van der Waals surface area contributed by atoms with Gasteiger partial charge in [0, 0.05) is 23.8 Å². The van der Waals surface area contributed by atoms with Crippen LogP contribution in [0.2, 0.25) is 4.34 Å². The molecule has 2 rings (SSSR count). The number of aromatic nitrogens is 2. The lowest BCUT2D eigenvalue weighted by Gasteiger charge is -2.02. The largest absolute Gasteiger partial charge is 0.356 e. The van der Waals surface area contributed by atoms with E-state index >= 15 is 0 Å². The van der Waals surface area contributed by atoms with E-state index < -0.39 is 0 Å². The van der Waals surface area contributed by atoms with Crippen molar-refractivity contribution in [2.75, 3.05) is 6.54 Å². The van der Waals surface area contributed by atoms with Gasteiger partial charge in [0.15, 0.2) is 5.82 Å². The van der Waals surface area contributed by atoms with Crippen molar-refractivity contribution in [3.8, 4) is 0 Å². The van der Waals surface area contributed by atoms with Crippen molar-refractivity contribution >= 4 is 28.8 Å². The van der Waals surface area contributed by atoms with Crippen LogP contribution in [0.1, 0.15) is 42.8 Å². The predicted octanol–water partition coefficient (Wildman–Crippen LogP) is 3.20. The van der Waals surface area contributed by atoms with Gasteiger partial charge in [-0.2, -0.15) is 4.98 Å². The zero-order valence-electron chi connectivity index (χ0n) is 12.1. The summed E-state index contributed by atoms with van der Waals surface area (Å²) in [7, 11) is 0. The molecule has 0 aliphatic heterocycles. The maximum atomic E-state index is 11.7. The summed E-state index contributed by atoms with van der Waals surface area (Å²) in [5.74, 6) is 1.61. The number of carbonyl (C=O) groups excluding carboxylic acids is 1. The van der Waals surface area contributed by atoms with Crippen LogP contribution in [0.3, 0.4) is 0 Å². The van der Waals surface area contributed by atoms with Crippen LogP contribution < -0.4 is 5.32 Å². The van der Waals surface area contributed by atoms with E-state index in [2.05, 4.69) is 15.5 Å². The van der Waals surface area contributed by atoms with E-state index in [1.165, 1.54) is 11.3 Å². The molecule has 2 aromatic heterocycles. The van der Waals surface area contributed by atoms with Crippen LogP contribution in [0, 0.1) is 0 Å². The highest BCUT2D eigenvalue weighted by molar-refractivity contribution is 7.16. The molecule has 2 aromatic rings. The van der Waals surface area contributed by atoms with Crippen LogP contribution in [0.25, 0.3) is 0 Å². The third-order valence-corrected chi connectivity index (χ3v) is 4.08. The first kappa shape index (κ1) is 16.0. The second-order valence-corrected chi connectivity index (χ2v) is 6.84. The highest BCUT2D eigenvalue weighted by atomic mass is 35.5. The predicted molar refractivity (Wildman–Crippen MR) is 82.8 cm³/mol. The van der Waals surface area contributed by atoms with E-state index in [1.54, 1.807) is 6.07 Å². The Balaban J connectivity index is 1.65. The zero-order chi connectivity index (χ0) is 15.2. The molecule has 21 heavy (non-hydrogen) atoms. The summed E-state index contributed by atoms with van der Waals surface area (Å²) >= 11 is 7.26. The minimum absolute atomic E-state index is 0.00177. The highest BCUT2D eigenvalue weighted by Crippen LogP contribution is 2.21. The summed E-state index contributed by atoms with van der Waals surface area (Å²) in [4.78, 5) is 17.0. The fourth-order valence-corrected chi connectivity index (χ4v) is 2.83. The normalized spacial score (nSPS) is 11.0. The van der Waals surface area contributed by atoms with Gasteiger partial charge in [0.25, 0.3) is 0 Å². The number of amides is 1. The molecule has 114 valence electrons. The van der Waals surface area contributed by atoms with Gasteiger partial charge >= 0.3 is 0 Å². The number of rotatable bonds is 7. The molecule has 0 fully saturated rings. The summed E-state index contributed by atoms with van der Waals surface area (Å²) in [6.07, 6.45) is 1.82. The Bertz CT molecular complexity index is 595. The number of carbonyl (C=O) groups is 1. The molecule has 0 saturated heterocycles. The Hall–Kier alpha value is -1.40. The van der Waals surface area contributed by atoms with E-state index in [4.69, 9.17) is 16.1 Å². The molecule has 0 atom stereocenters. The zero-order valence-corrected chi connectivity index (χ0v) is 13.6. The molecule has 0 aromatic carbocycles. The maximum absolute atomic E-state index is 11.7. The lowest BCUT2D eigenvalue weighted by molar-refractivity contribution is -0.120. The van der Waals surface area contributed by atoms with Gasteiger partial charge in [0.2, 0.25) is 11.8 Å². The fraction of sp³-hybridized carbons (Fsp3) is 0.500. The molecule has 1 N–H and O–H groups in total. The Morgan fingerprint density at radius 2 is 2.29 bits per heavy atom. The molecular formula is C14H18ClN3O2S. The molecule has 0 saturated carbocycles. The van der Waals surface area contributed by atoms with Crippen molar-refractivity contribution in [2.45, 2.75) is 39.0 Å². The summed E-state index contributed by atoms with van der Waals surface area (Å²) < 4.78 is 5.85. The molecule has 1 amide bonds.